The second kappa shape index (κ2) is 4.59. The molecule has 5 rings (SSSR count). The summed E-state index contributed by atoms with van der Waals surface area (Å²) in [5.41, 5.74) is 3.62. The summed E-state index contributed by atoms with van der Waals surface area (Å²) >= 11 is 0. The molecule has 0 fully saturated rings. The number of para-hydroxylation sites is 2. The SMILES string of the molecule is C=c1c2ccccc2nc2cc3c(cc12)=Nc1ccccc1C3=O. The zero-order valence-electron chi connectivity index (χ0n) is 12.8. The van der Waals surface area contributed by atoms with E-state index in [0.717, 1.165) is 27.0 Å². The second-order valence-electron chi connectivity index (χ2n) is 5.95. The van der Waals surface area contributed by atoms with Gasteiger partial charge in [-0.2, -0.15) is 0 Å². The molecular weight excluding hydrogens is 296 g/mol. The average molecular weight is 308 g/mol. The third-order valence-corrected chi connectivity index (χ3v) is 4.54. The van der Waals surface area contributed by atoms with Gasteiger partial charge < -0.3 is 0 Å². The van der Waals surface area contributed by atoms with Crippen LogP contribution in [-0.4, -0.2) is 10.8 Å². The van der Waals surface area contributed by atoms with E-state index >= 15 is 0 Å². The molecule has 1 aliphatic heterocycles. The molecule has 3 nitrogen and oxygen atoms in total. The molecule has 0 bridgehead atoms. The van der Waals surface area contributed by atoms with E-state index in [1.807, 2.05) is 60.7 Å². The zero-order chi connectivity index (χ0) is 16.3. The van der Waals surface area contributed by atoms with Gasteiger partial charge in [0, 0.05) is 16.3 Å². The Morgan fingerprint density at radius 2 is 1.58 bits per heavy atom. The number of pyridine rings is 1. The molecule has 2 heterocycles. The molecule has 0 saturated carbocycles. The lowest BCUT2D eigenvalue weighted by atomic mass is 9.96. The van der Waals surface area contributed by atoms with Crippen LogP contribution in [0.1, 0.15) is 15.9 Å². The van der Waals surface area contributed by atoms with E-state index in [2.05, 4.69) is 11.6 Å². The Bertz CT molecular complexity index is 1290. The Morgan fingerprint density at radius 3 is 2.50 bits per heavy atom. The lowest BCUT2D eigenvalue weighted by Gasteiger charge is -2.12. The summed E-state index contributed by atoms with van der Waals surface area (Å²) in [5.74, 6) is -0.00179. The van der Waals surface area contributed by atoms with Gasteiger partial charge >= 0.3 is 0 Å². The van der Waals surface area contributed by atoms with Gasteiger partial charge in [0.15, 0.2) is 5.78 Å². The van der Waals surface area contributed by atoms with Crippen LogP contribution in [0.4, 0.5) is 5.69 Å². The maximum atomic E-state index is 12.8. The number of aromatic nitrogens is 1. The number of hydrogen-bond acceptors (Lipinski definition) is 3. The molecule has 0 radical (unpaired) electrons. The number of carbonyl (C=O) groups is 1. The third-order valence-electron chi connectivity index (χ3n) is 4.54. The van der Waals surface area contributed by atoms with Gasteiger partial charge in [0.1, 0.15) is 0 Å². The molecule has 3 heteroatoms. The molecule has 1 aromatic heterocycles. The van der Waals surface area contributed by atoms with Gasteiger partial charge in [-0.3, -0.25) is 4.79 Å². The predicted octanol–water partition coefficient (Wildman–Crippen LogP) is 3.29. The molecule has 0 aliphatic carbocycles. The van der Waals surface area contributed by atoms with E-state index in [9.17, 15) is 4.79 Å². The van der Waals surface area contributed by atoms with Crippen LogP contribution in [0.3, 0.4) is 0 Å². The monoisotopic (exact) mass is 308 g/mol. The van der Waals surface area contributed by atoms with E-state index in [1.165, 1.54) is 0 Å². The van der Waals surface area contributed by atoms with Gasteiger partial charge in [0.25, 0.3) is 0 Å². The van der Waals surface area contributed by atoms with Crippen molar-refractivity contribution in [1.29, 1.82) is 0 Å². The van der Waals surface area contributed by atoms with Crippen molar-refractivity contribution in [3.63, 3.8) is 0 Å². The third kappa shape index (κ3) is 1.69. The number of carbonyl (C=O) groups excluding carboxylic acids is 1. The van der Waals surface area contributed by atoms with Crippen molar-refractivity contribution < 1.29 is 4.79 Å². The minimum atomic E-state index is -0.00179. The van der Waals surface area contributed by atoms with E-state index in [-0.39, 0.29) is 5.78 Å². The highest BCUT2D eigenvalue weighted by Crippen LogP contribution is 2.25. The van der Waals surface area contributed by atoms with Crippen LogP contribution < -0.4 is 10.6 Å². The smallest absolute Gasteiger partial charge is 0.197 e. The van der Waals surface area contributed by atoms with Gasteiger partial charge in [-0.25, -0.2) is 9.98 Å². The molecule has 1 aliphatic rings. The zero-order valence-corrected chi connectivity index (χ0v) is 12.8. The Balaban J connectivity index is 1.95. The number of benzene rings is 3. The molecule has 112 valence electrons. The maximum absolute atomic E-state index is 12.8. The molecule has 0 N–H and O–H groups in total. The summed E-state index contributed by atoms with van der Waals surface area (Å²) in [6, 6.07) is 19.1. The molecule has 0 unspecified atom stereocenters. The highest BCUT2D eigenvalue weighted by atomic mass is 16.1. The fourth-order valence-corrected chi connectivity index (χ4v) is 3.32. The first-order valence-electron chi connectivity index (χ1n) is 7.76. The number of hydrogen-bond donors (Lipinski definition) is 0. The first-order chi connectivity index (χ1) is 11.7. The van der Waals surface area contributed by atoms with Gasteiger partial charge in [-0.05, 0) is 35.6 Å². The summed E-state index contributed by atoms with van der Waals surface area (Å²) in [6.07, 6.45) is 0. The van der Waals surface area contributed by atoms with Crippen LogP contribution in [0.5, 0.6) is 0 Å². The van der Waals surface area contributed by atoms with Gasteiger partial charge in [0.2, 0.25) is 0 Å². The lowest BCUT2D eigenvalue weighted by Crippen LogP contribution is -2.21. The van der Waals surface area contributed by atoms with Crippen LogP contribution in [0, 0.1) is 0 Å². The summed E-state index contributed by atoms with van der Waals surface area (Å²) in [5, 5.41) is 3.56. The highest BCUT2D eigenvalue weighted by Gasteiger charge is 2.20. The van der Waals surface area contributed by atoms with Crippen molar-refractivity contribution in [3.8, 4) is 0 Å². The molecule has 0 atom stereocenters. The quantitative estimate of drug-likeness (QED) is 0.412. The van der Waals surface area contributed by atoms with E-state index in [1.54, 1.807) is 0 Å². The van der Waals surface area contributed by atoms with Crippen LogP contribution in [0.25, 0.3) is 28.4 Å². The minimum Gasteiger partial charge on any atom is -0.288 e. The molecule has 0 saturated heterocycles. The van der Waals surface area contributed by atoms with Crippen LogP contribution >= 0.6 is 0 Å². The summed E-state index contributed by atoms with van der Waals surface area (Å²) in [7, 11) is 0. The van der Waals surface area contributed by atoms with E-state index in [4.69, 9.17) is 4.98 Å². The maximum Gasteiger partial charge on any atom is 0.197 e. The number of ketones is 1. The number of nitrogens with zero attached hydrogens (tertiary/aromatic N) is 2. The molecule has 4 aromatic rings. The Kier molecular flexibility index (Phi) is 2.51. The summed E-state index contributed by atoms with van der Waals surface area (Å²) in [4.78, 5) is 22.2. The Morgan fingerprint density at radius 1 is 0.792 bits per heavy atom. The fourth-order valence-electron chi connectivity index (χ4n) is 3.32. The van der Waals surface area contributed by atoms with Crippen molar-refractivity contribution in [2.75, 3.05) is 0 Å². The molecule has 0 spiro atoms. The van der Waals surface area contributed by atoms with E-state index < -0.39 is 0 Å². The minimum absolute atomic E-state index is 0.00179. The van der Waals surface area contributed by atoms with Crippen molar-refractivity contribution in [2.45, 2.75) is 0 Å². The molecule has 24 heavy (non-hydrogen) atoms. The normalized spacial score (nSPS) is 12.8. The molecular formula is C21H12N2O. The summed E-state index contributed by atoms with van der Waals surface area (Å²) in [6.45, 7) is 4.22. The van der Waals surface area contributed by atoms with E-state index in [0.29, 0.717) is 22.2 Å². The second-order valence-corrected chi connectivity index (χ2v) is 5.95. The molecule has 0 amide bonds. The fraction of sp³-hybridized carbons (Fsp3) is 0. The first-order valence-corrected chi connectivity index (χ1v) is 7.76. The van der Waals surface area contributed by atoms with Crippen molar-refractivity contribution in [3.05, 3.63) is 82.4 Å². The van der Waals surface area contributed by atoms with Gasteiger partial charge in [0.05, 0.1) is 27.6 Å². The van der Waals surface area contributed by atoms with Crippen LogP contribution in [-0.2, 0) is 0 Å². The van der Waals surface area contributed by atoms with Gasteiger partial charge in [-0.1, -0.05) is 36.9 Å². The van der Waals surface area contributed by atoms with Crippen molar-refractivity contribution >= 4 is 39.9 Å². The standard InChI is InChI=1S/C21H12N2O/c1-12-13-6-2-4-8-17(13)22-19-11-16-20(10-15(12)19)23-18-9-5-3-7-14(18)21(16)24/h2-11H,1H2. The van der Waals surface area contributed by atoms with Gasteiger partial charge in [-0.15, -0.1) is 0 Å². The Hall–Kier alpha value is -3.33. The predicted molar refractivity (Wildman–Crippen MR) is 95.1 cm³/mol. The molecule has 3 aromatic carbocycles. The van der Waals surface area contributed by atoms with Crippen LogP contribution in [0.15, 0.2) is 65.7 Å². The van der Waals surface area contributed by atoms with Crippen molar-refractivity contribution in [1.82, 2.24) is 4.98 Å². The average Bonchev–Trinajstić information content (AvgIpc) is 2.62. The number of fused-ring (bicyclic) bond motifs is 4. The number of rotatable bonds is 0. The van der Waals surface area contributed by atoms with Crippen molar-refractivity contribution in [2.24, 2.45) is 4.99 Å². The highest BCUT2D eigenvalue weighted by molar-refractivity contribution is 6.14. The Labute approximate surface area is 137 Å². The lowest BCUT2D eigenvalue weighted by molar-refractivity contribution is 0.103. The largest absolute Gasteiger partial charge is 0.288 e. The van der Waals surface area contributed by atoms with Crippen LogP contribution in [0.2, 0.25) is 0 Å². The first kappa shape index (κ1) is 13.1. The topological polar surface area (TPSA) is 42.3 Å². The summed E-state index contributed by atoms with van der Waals surface area (Å²) < 4.78 is 0.